The molecule has 1 N–H and O–H groups in total. The van der Waals surface area contributed by atoms with Gasteiger partial charge in [0.25, 0.3) is 5.91 Å². The van der Waals surface area contributed by atoms with E-state index in [2.05, 4.69) is 5.32 Å². The molecule has 0 bridgehead atoms. The van der Waals surface area contributed by atoms with Gasteiger partial charge in [-0.2, -0.15) is 5.26 Å². The molecule has 2 aromatic carbocycles. The number of nitrogens with one attached hydrogen (secondary N) is 1. The number of rotatable bonds is 12. The first-order chi connectivity index (χ1) is 16.9. The normalized spacial score (nSPS) is 11.0. The number of ether oxygens (including phenoxy) is 4. The van der Waals surface area contributed by atoms with Gasteiger partial charge in [0.15, 0.2) is 23.0 Å². The predicted molar refractivity (Wildman–Crippen MR) is 133 cm³/mol. The van der Waals surface area contributed by atoms with Gasteiger partial charge in [0.05, 0.1) is 20.3 Å². The second kappa shape index (κ2) is 14.1. The van der Waals surface area contributed by atoms with Crippen molar-refractivity contribution in [1.29, 1.82) is 5.26 Å². The number of hydrogen-bond acceptors (Lipinski definition) is 7. The van der Waals surface area contributed by atoms with Crippen LogP contribution in [0.1, 0.15) is 38.3 Å². The van der Waals surface area contributed by atoms with E-state index in [-0.39, 0.29) is 17.1 Å². The molecule has 8 heteroatoms. The second-order valence-electron chi connectivity index (χ2n) is 7.16. The highest BCUT2D eigenvalue weighted by atomic mass is 16.6. The van der Waals surface area contributed by atoms with Crippen LogP contribution >= 0.6 is 0 Å². The lowest BCUT2D eigenvalue weighted by Gasteiger charge is -2.11. The summed E-state index contributed by atoms with van der Waals surface area (Å²) < 4.78 is 21.9. The molecule has 0 unspecified atom stereocenters. The van der Waals surface area contributed by atoms with E-state index in [0.29, 0.717) is 36.8 Å². The zero-order valence-electron chi connectivity index (χ0n) is 20.4. The van der Waals surface area contributed by atoms with Crippen LogP contribution in [0, 0.1) is 11.3 Å². The third-order valence-corrected chi connectivity index (χ3v) is 4.59. The Morgan fingerprint density at radius 3 is 2.26 bits per heavy atom. The monoisotopic (exact) mass is 478 g/mol. The van der Waals surface area contributed by atoms with Gasteiger partial charge >= 0.3 is 5.97 Å². The highest BCUT2D eigenvalue weighted by Crippen LogP contribution is 2.30. The van der Waals surface area contributed by atoms with Crippen molar-refractivity contribution in [2.24, 2.45) is 0 Å². The van der Waals surface area contributed by atoms with Gasteiger partial charge in [-0.1, -0.05) is 19.1 Å². The first-order valence-electron chi connectivity index (χ1n) is 11.3. The number of carbonyl (C=O) groups excluding carboxylic acids is 2. The summed E-state index contributed by atoms with van der Waals surface area (Å²) >= 11 is 0. The maximum atomic E-state index is 12.4. The molecular formula is C27H30N2O6. The van der Waals surface area contributed by atoms with Crippen molar-refractivity contribution in [2.75, 3.05) is 26.9 Å². The number of amides is 1. The molecule has 35 heavy (non-hydrogen) atoms. The van der Waals surface area contributed by atoms with Crippen LogP contribution in [0.5, 0.6) is 23.0 Å². The highest BCUT2D eigenvalue weighted by Gasteiger charge is 2.12. The molecule has 0 aromatic heterocycles. The molecule has 2 rings (SSSR count). The average Bonchev–Trinajstić information content (AvgIpc) is 2.86. The molecule has 0 aliphatic heterocycles. The van der Waals surface area contributed by atoms with Crippen LogP contribution in [0.3, 0.4) is 0 Å². The fourth-order valence-corrected chi connectivity index (χ4v) is 2.99. The summed E-state index contributed by atoms with van der Waals surface area (Å²) in [4.78, 5) is 24.5. The van der Waals surface area contributed by atoms with E-state index in [4.69, 9.17) is 18.9 Å². The molecule has 1 amide bonds. The number of esters is 1. The zero-order valence-corrected chi connectivity index (χ0v) is 20.4. The molecule has 0 spiro atoms. The van der Waals surface area contributed by atoms with Gasteiger partial charge in [0, 0.05) is 12.6 Å². The quantitative estimate of drug-likeness (QED) is 0.206. The third-order valence-electron chi connectivity index (χ3n) is 4.59. The van der Waals surface area contributed by atoms with Crippen molar-refractivity contribution < 1.29 is 28.5 Å². The van der Waals surface area contributed by atoms with Crippen LogP contribution in [-0.2, 0) is 9.59 Å². The molecule has 0 heterocycles. The van der Waals surface area contributed by atoms with Crippen LogP contribution < -0.4 is 24.3 Å². The summed E-state index contributed by atoms with van der Waals surface area (Å²) in [7, 11) is 1.43. The van der Waals surface area contributed by atoms with Gasteiger partial charge in [-0.15, -0.1) is 0 Å². The smallest absolute Gasteiger partial charge is 0.336 e. The van der Waals surface area contributed by atoms with E-state index >= 15 is 0 Å². The van der Waals surface area contributed by atoms with Gasteiger partial charge in [-0.05, 0) is 67.8 Å². The van der Waals surface area contributed by atoms with E-state index in [0.717, 1.165) is 12.0 Å². The Morgan fingerprint density at radius 2 is 1.60 bits per heavy atom. The van der Waals surface area contributed by atoms with Gasteiger partial charge in [0.2, 0.25) is 0 Å². The first kappa shape index (κ1) is 27.0. The molecule has 0 saturated carbocycles. The predicted octanol–water partition coefficient (Wildman–Crippen LogP) is 4.54. The Morgan fingerprint density at radius 1 is 0.943 bits per heavy atom. The summed E-state index contributed by atoms with van der Waals surface area (Å²) in [5, 5.41) is 12.0. The van der Waals surface area contributed by atoms with Gasteiger partial charge in [0.1, 0.15) is 11.6 Å². The minimum absolute atomic E-state index is 0.0324. The SMILES string of the molecule is CCCNC(=O)/C(C#N)=C/c1ccc(OC(=O)/C=C/c2ccc(OCC)c(OCC)c2)c(OC)c1. The van der Waals surface area contributed by atoms with E-state index in [1.54, 1.807) is 36.4 Å². The van der Waals surface area contributed by atoms with Crippen molar-refractivity contribution >= 4 is 24.0 Å². The average molecular weight is 479 g/mol. The van der Waals surface area contributed by atoms with Gasteiger partial charge in [-0.25, -0.2) is 4.79 Å². The minimum Gasteiger partial charge on any atom is -0.493 e. The molecule has 0 atom stereocenters. The molecule has 184 valence electrons. The standard InChI is InChI=1S/C27H30N2O6/c1-5-14-29-27(31)21(18-28)15-20-9-12-23(24(17-20)32-4)35-26(30)13-10-19-8-11-22(33-6-2)25(16-19)34-7-3/h8-13,15-17H,5-7,14H2,1-4H3,(H,29,31)/b13-10+,21-15+. The van der Waals surface area contributed by atoms with Crippen LogP contribution in [0.4, 0.5) is 0 Å². The third kappa shape index (κ3) is 8.23. The minimum atomic E-state index is -0.602. The summed E-state index contributed by atoms with van der Waals surface area (Å²) in [5.74, 6) is 0.665. The number of methoxy groups -OCH3 is 1. The van der Waals surface area contributed by atoms with E-state index in [9.17, 15) is 14.9 Å². The van der Waals surface area contributed by atoms with Gasteiger partial charge in [-0.3, -0.25) is 4.79 Å². The Hall–Kier alpha value is -4.25. The molecule has 0 saturated heterocycles. The fraction of sp³-hybridized carbons (Fsp3) is 0.296. The van der Waals surface area contributed by atoms with Crippen LogP contribution in [0.2, 0.25) is 0 Å². The maximum Gasteiger partial charge on any atom is 0.336 e. The molecular weight excluding hydrogens is 448 g/mol. The first-order valence-corrected chi connectivity index (χ1v) is 11.3. The van der Waals surface area contributed by atoms with Crippen molar-refractivity contribution in [2.45, 2.75) is 27.2 Å². The molecule has 0 aliphatic carbocycles. The molecule has 0 radical (unpaired) electrons. The van der Waals surface area contributed by atoms with Crippen LogP contribution in [0.15, 0.2) is 48.0 Å². The molecule has 0 fully saturated rings. The summed E-state index contributed by atoms with van der Waals surface area (Å²) in [6.45, 7) is 7.18. The number of nitrogens with zero attached hydrogens (tertiary/aromatic N) is 1. The van der Waals surface area contributed by atoms with Crippen molar-refractivity contribution in [1.82, 2.24) is 5.32 Å². The summed E-state index contributed by atoms with van der Waals surface area (Å²) in [5.41, 5.74) is 1.26. The summed E-state index contributed by atoms with van der Waals surface area (Å²) in [6.07, 6.45) is 5.11. The number of carbonyl (C=O) groups is 2. The number of nitriles is 1. The maximum absolute atomic E-state index is 12.4. The number of hydrogen-bond donors (Lipinski definition) is 1. The second-order valence-corrected chi connectivity index (χ2v) is 7.16. The Labute approximate surface area is 205 Å². The van der Waals surface area contributed by atoms with Crippen molar-refractivity contribution in [3.63, 3.8) is 0 Å². The summed E-state index contributed by atoms with van der Waals surface area (Å²) in [6, 6.07) is 12.0. The lowest BCUT2D eigenvalue weighted by atomic mass is 10.1. The van der Waals surface area contributed by atoms with Crippen LogP contribution in [-0.4, -0.2) is 38.7 Å². The Bertz CT molecular complexity index is 1130. The van der Waals surface area contributed by atoms with Gasteiger partial charge < -0.3 is 24.3 Å². The zero-order chi connectivity index (χ0) is 25.6. The molecule has 2 aromatic rings. The van der Waals surface area contributed by atoms with E-state index in [1.165, 1.54) is 19.3 Å². The lowest BCUT2D eigenvalue weighted by Crippen LogP contribution is -2.25. The lowest BCUT2D eigenvalue weighted by molar-refractivity contribution is -0.129. The Kier molecular flexibility index (Phi) is 10.9. The fourth-order valence-electron chi connectivity index (χ4n) is 2.99. The topological polar surface area (TPSA) is 107 Å². The Balaban J connectivity index is 2.15. The van der Waals surface area contributed by atoms with Crippen molar-refractivity contribution in [3.8, 4) is 29.1 Å². The highest BCUT2D eigenvalue weighted by molar-refractivity contribution is 6.01. The largest absolute Gasteiger partial charge is 0.493 e. The van der Waals surface area contributed by atoms with Crippen LogP contribution in [0.25, 0.3) is 12.2 Å². The van der Waals surface area contributed by atoms with Crippen molar-refractivity contribution in [3.05, 3.63) is 59.2 Å². The number of benzene rings is 2. The molecule has 8 nitrogen and oxygen atoms in total. The van der Waals surface area contributed by atoms with E-state index < -0.39 is 11.9 Å². The molecule has 0 aliphatic rings. The van der Waals surface area contributed by atoms with E-state index in [1.807, 2.05) is 32.9 Å².